The number of hydrogen-bond donors (Lipinski definition) is 0. The fourth-order valence-electron chi connectivity index (χ4n) is 8.32. The molecule has 0 unspecified atom stereocenters. The van der Waals surface area contributed by atoms with Crippen molar-refractivity contribution in [1.82, 2.24) is 14.5 Å². The quantitative estimate of drug-likeness (QED) is 0.168. The summed E-state index contributed by atoms with van der Waals surface area (Å²) < 4.78 is 15.3. The summed E-state index contributed by atoms with van der Waals surface area (Å²) in [6, 6.07) is 50.3. The second-order valence-electron chi connectivity index (χ2n) is 13.8. The van der Waals surface area contributed by atoms with Gasteiger partial charge in [0.05, 0.1) is 16.7 Å². The molecular formula is C49H31N3O2. The smallest absolute Gasteiger partial charge is 0.235 e. The maximum absolute atomic E-state index is 6.91. The van der Waals surface area contributed by atoms with E-state index in [2.05, 4.69) is 120 Å². The Kier molecular flexibility index (Phi) is 6.55. The summed E-state index contributed by atoms with van der Waals surface area (Å²) in [5.41, 5.74) is 10.3. The van der Waals surface area contributed by atoms with Gasteiger partial charge in [-0.2, -0.15) is 0 Å². The average molecular weight is 694 g/mol. The van der Waals surface area contributed by atoms with E-state index < -0.39 is 0 Å². The number of nitrogens with zero attached hydrogens (tertiary/aromatic N) is 3. The number of allylic oxidation sites excluding steroid dienone is 2. The first-order valence-corrected chi connectivity index (χ1v) is 18.1. The first-order valence-electron chi connectivity index (χ1n) is 18.1. The lowest BCUT2D eigenvalue weighted by Crippen LogP contribution is -2.03. The Labute approximate surface area is 309 Å². The van der Waals surface area contributed by atoms with Crippen LogP contribution in [0.5, 0.6) is 0 Å². The summed E-state index contributed by atoms with van der Waals surface area (Å²) in [4.78, 5) is 10.7. The molecule has 0 spiro atoms. The molecule has 7 aromatic carbocycles. The fourth-order valence-corrected chi connectivity index (χ4v) is 8.32. The van der Waals surface area contributed by atoms with Crippen molar-refractivity contribution < 1.29 is 8.83 Å². The Morgan fingerprint density at radius 2 is 1.28 bits per heavy atom. The van der Waals surface area contributed by atoms with Gasteiger partial charge in [0.15, 0.2) is 5.58 Å². The minimum absolute atomic E-state index is 0.575. The SMILES string of the molecule is C=C/C(=C\c1c(C)oc2c1c1ccccc1c1c3ccccc3n(-c3nc(-c4ccc5oc6ccccc6c5c4)c4ccccc4n3)c21)c1ccccc1. The molecule has 11 aromatic rings. The van der Waals surface area contributed by atoms with Gasteiger partial charge in [0.1, 0.15) is 22.4 Å². The van der Waals surface area contributed by atoms with E-state index in [0.29, 0.717) is 5.95 Å². The van der Waals surface area contributed by atoms with Crippen molar-refractivity contribution in [2.45, 2.75) is 6.92 Å². The molecule has 254 valence electrons. The lowest BCUT2D eigenvalue weighted by molar-refractivity contribution is 0.579. The molecule has 0 N–H and O–H groups in total. The lowest BCUT2D eigenvalue weighted by atomic mass is 9.96. The molecule has 4 aromatic heterocycles. The number of para-hydroxylation sites is 3. The number of rotatable bonds is 5. The zero-order chi connectivity index (χ0) is 35.9. The molecule has 5 nitrogen and oxygen atoms in total. The van der Waals surface area contributed by atoms with Gasteiger partial charge < -0.3 is 8.83 Å². The maximum Gasteiger partial charge on any atom is 0.235 e. The van der Waals surface area contributed by atoms with Crippen LogP contribution in [0.2, 0.25) is 0 Å². The highest BCUT2D eigenvalue weighted by molar-refractivity contribution is 6.32. The first kappa shape index (κ1) is 30.4. The van der Waals surface area contributed by atoms with Crippen LogP contribution < -0.4 is 0 Å². The van der Waals surface area contributed by atoms with Crippen molar-refractivity contribution in [2.24, 2.45) is 0 Å². The molecule has 0 saturated carbocycles. The number of aryl methyl sites for hydroxylation is 1. The van der Waals surface area contributed by atoms with Crippen molar-refractivity contribution >= 4 is 88.0 Å². The molecule has 5 heteroatoms. The Morgan fingerprint density at radius 1 is 0.611 bits per heavy atom. The molecule has 0 radical (unpaired) electrons. The van der Waals surface area contributed by atoms with Crippen LogP contribution in [0.15, 0.2) is 167 Å². The van der Waals surface area contributed by atoms with E-state index in [1.54, 1.807) is 0 Å². The Bertz CT molecular complexity index is 3360. The highest BCUT2D eigenvalue weighted by Gasteiger charge is 2.25. The molecule has 0 bridgehead atoms. The van der Waals surface area contributed by atoms with E-state index in [1.807, 2.05) is 55.5 Å². The van der Waals surface area contributed by atoms with Crippen LogP contribution in [-0.2, 0) is 0 Å². The first-order chi connectivity index (χ1) is 26.7. The molecule has 11 rings (SSSR count). The second kappa shape index (κ2) is 11.6. The summed E-state index contributed by atoms with van der Waals surface area (Å²) in [6.07, 6.45) is 4.12. The summed E-state index contributed by atoms with van der Waals surface area (Å²) >= 11 is 0. The Hall–Kier alpha value is -7.24. The van der Waals surface area contributed by atoms with Gasteiger partial charge in [-0.3, -0.25) is 4.57 Å². The number of fused-ring (bicyclic) bond motifs is 12. The van der Waals surface area contributed by atoms with E-state index in [0.717, 1.165) is 110 Å². The van der Waals surface area contributed by atoms with E-state index in [9.17, 15) is 0 Å². The van der Waals surface area contributed by atoms with Crippen molar-refractivity contribution in [1.29, 1.82) is 0 Å². The van der Waals surface area contributed by atoms with Crippen molar-refractivity contribution in [2.75, 3.05) is 0 Å². The summed E-state index contributed by atoms with van der Waals surface area (Å²) in [5.74, 6) is 1.40. The van der Waals surface area contributed by atoms with Crippen LogP contribution in [0.3, 0.4) is 0 Å². The third-order valence-electron chi connectivity index (χ3n) is 10.8. The molecule has 0 fully saturated rings. The van der Waals surface area contributed by atoms with Gasteiger partial charge in [-0.1, -0.05) is 122 Å². The normalized spacial score (nSPS) is 12.4. The van der Waals surface area contributed by atoms with E-state index in [-0.39, 0.29) is 0 Å². The topological polar surface area (TPSA) is 57.0 Å². The minimum atomic E-state index is 0.575. The molecule has 0 aliphatic carbocycles. The van der Waals surface area contributed by atoms with Gasteiger partial charge in [0, 0.05) is 43.4 Å². The monoisotopic (exact) mass is 693 g/mol. The minimum Gasteiger partial charge on any atom is -0.458 e. The van der Waals surface area contributed by atoms with Crippen LogP contribution in [0.4, 0.5) is 0 Å². The van der Waals surface area contributed by atoms with Crippen LogP contribution in [0.25, 0.3) is 105 Å². The van der Waals surface area contributed by atoms with E-state index >= 15 is 0 Å². The standard InChI is InChI=1S/C49H31N3O2/c1-3-30(31-15-5-4-6-16-31)27-38-29(2)53-48-45(38)35-19-8-7-18-34(35)44-37-21-10-13-23-41(37)52(47(44)48)49-50-40-22-12-9-20-36(40)46(51-49)32-25-26-43-39(28-32)33-17-11-14-24-42(33)54-43/h3-28H,1H2,2H3/b30-27+. The largest absolute Gasteiger partial charge is 0.458 e. The van der Waals surface area contributed by atoms with Crippen LogP contribution in [0.1, 0.15) is 16.9 Å². The van der Waals surface area contributed by atoms with Gasteiger partial charge in [-0.15, -0.1) is 0 Å². The molecular weight excluding hydrogens is 663 g/mol. The predicted molar refractivity (Wildman–Crippen MR) is 223 cm³/mol. The second-order valence-corrected chi connectivity index (χ2v) is 13.8. The predicted octanol–water partition coefficient (Wildman–Crippen LogP) is 13.2. The highest BCUT2D eigenvalue weighted by atomic mass is 16.3. The van der Waals surface area contributed by atoms with E-state index in [1.165, 1.54) is 0 Å². The highest BCUT2D eigenvalue weighted by Crippen LogP contribution is 2.46. The molecule has 4 heterocycles. The van der Waals surface area contributed by atoms with Gasteiger partial charge >= 0.3 is 0 Å². The average Bonchev–Trinajstić information content (AvgIpc) is 3.88. The number of hydrogen-bond acceptors (Lipinski definition) is 4. The third kappa shape index (κ3) is 4.39. The molecule has 0 aliphatic rings. The Morgan fingerprint density at radius 3 is 2.09 bits per heavy atom. The zero-order valence-electron chi connectivity index (χ0n) is 29.4. The molecule has 0 saturated heterocycles. The van der Waals surface area contributed by atoms with Crippen molar-refractivity contribution in [3.8, 4) is 17.2 Å². The number of aromatic nitrogens is 3. The fraction of sp³-hybridized carbons (Fsp3) is 0.0204. The summed E-state index contributed by atoms with van der Waals surface area (Å²) in [7, 11) is 0. The zero-order valence-corrected chi connectivity index (χ0v) is 29.4. The van der Waals surface area contributed by atoms with Gasteiger partial charge in [0.25, 0.3) is 0 Å². The summed E-state index contributed by atoms with van der Waals surface area (Å²) in [6.45, 7) is 6.23. The molecule has 0 atom stereocenters. The number of furan rings is 2. The Balaban J connectivity index is 1.26. The van der Waals surface area contributed by atoms with Gasteiger partial charge in [0.2, 0.25) is 5.95 Å². The van der Waals surface area contributed by atoms with E-state index in [4.69, 9.17) is 18.8 Å². The van der Waals surface area contributed by atoms with Crippen molar-refractivity contribution in [3.05, 3.63) is 175 Å². The lowest BCUT2D eigenvalue weighted by Gasteiger charge is -2.12. The molecule has 54 heavy (non-hydrogen) atoms. The van der Waals surface area contributed by atoms with Crippen LogP contribution in [0, 0.1) is 6.92 Å². The molecule has 0 aliphatic heterocycles. The van der Waals surface area contributed by atoms with Gasteiger partial charge in [-0.05, 0) is 71.3 Å². The van der Waals surface area contributed by atoms with Crippen LogP contribution in [-0.4, -0.2) is 14.5 Å². The van der Waals surface area contributed by atoms with Crippen molar-refractivity contribution in [3.63, 3.8) is 0 Å². The maximum atomic E-state index is 6.91. The van der Waals surface area contributed by atoms with Gasteiger partial charge in [-0.25, -0.2) is 9.97 Å². The summed E-state index contributed by atoms with van der Waals surface area (Å²) in [5, 5.41) is 8.64. The third-order valence-corrected chi connectivity index (χ3v) is 10.8. The van der Waals surface area contributed by atoms with Crippen LogP contribution >= 0.6 is 0 Å². The number of benzene rings is 7. The molecule has 0 amide bonds.